The lowest BCUT2D eigenvalue weighted by Crippen LogP contribution is -2.58. The molecule has 9 rings (SSSR count). The zero-order chi connectivity index (χ0) is 50.6. The lowest BCUT2D eigenvalue weighted by Gasteiger charge is -2.51. The number of morpholine rings is 2. The number of aromatic nitrogens is 6. The van der Waals surface area contributed by atoms with Crippen LogP contribution in [-0.2, 0) is 28.9 Å². The molecule has 374 valence electrons. The molecule has 2 aliphatic heterocycles. The van der Waals surface area contributed by atoms with E-state index in [9.17, 15) is 24.3 Å². The van der Waals surface area contributed by atoms with Crippen LogP contribution in [0.25, 0.3) is 11.2 Å². The van der Waals surface area contributed by atoms with Crippen LogP contribution in [0.3, 0.4) is 0 Å². The largest absolute Gasteiger partial charge is 0.394 e. The number of aromatic amines is 1. The van der Waals surface area contributed by atoms with Crippen LogP contribution < -0.4 is 21.9 Å². The maximum absolute atomic E-state index is 15.6. The SMILES string of the molecule is CC(C)C(=O)Nc1nc2c(ncn2C2CN(P(=O)(OCC3CN(C(c4ccccc4)(c4ccccc4)c4ccccc4)CC(n4ccc(NC(=O)c5ccccc5)nc4=O)O3)N(C)C)CC(CO)O2)c(=O)[nH]1. The van der Waals surface area contributed by atoms with Crippen molar-refractivity contribution in [2.45, 2.75) is 44.1 Å². The molecule has 0 saturated carbocycles. The minimum Gasteiger partial charge on any atom is -0.394 e. The molecule has 2 fully saturated rings. The first-order valence-corrected chi connectivity index (χ1v) is 25.1. The Hall–Kier alpha value is -7.00. The first-order valence-electron chi connectivity index (χ1n) is 23.5. The summed E-state index contributed by atoms with van der Waals surface area (Å²) in [5.41, 5.74) is 1.07. The predicted octanol–water partition coefficient (Wildman–Crippen LogP) is 5.29. The lowest BCUT2D eigenvalue weighted by molar-refractivity contribution is -0.150. The molecule has 20 nitrogen and oxygen atoms in total. The van der Waals surface area contributed by atoms with Crippen molar-refractivity contribution >= 4 is 42.4 Å². The van der Waals surface area contributed by atoms with Crippen molar-refractivity contribution in [3.05, 3.63) is 183 Å². The van der Waals surface area contributed by atoms with E-state index in [1.54, 1.807) is 69.0 Å². The van der Waals surface area contributed by atoms with E-state index in [2.05, 4.69) is 71.9 Å². The Labute approximate surface area is 414 Å². The Kier molecular flexibility index (Phi) is 14.8. The fraction of sp³-hybridized carbons (Fsp3) is 0.314. The maximum Gasteiger partial charge on any atom is 0.351 e. The molecule has 0 bridgehead atoms. The molecule has 72 heavy (non-hydrogen) atoms. The Morgan fingerprint density at radius 3 is 1.94 bits per heavy atom. The Bertz CT molecular complexity index is 3080. The lowest BCUT2D eigenvalue weighted by atomic mass is 9.75. The van der Waals surface area contributed by atoms with Gasteiger partial charge in [-0.2, -0.15) is 9.97 Å². The van der Waals surface area contributed by atoms with Gasteiger partial charge in [0.25, 0.3) is 11.5 Å². The molecule has 21 heteroatoms. The number of fused-ring (bicyclic) bond motifs is 1. The number of anilines is 2. The van der Waals surface area contributed by atoms with Crippen molar-refractivity contribution in [1.29, 1.82) is 0 Å². The summed E-state index contributed by atoms with van der Waals surface area (Å²) in [7, 11) is -0.783. The first-order chi connectivity index (χ1) is 34.8. The zero-order valence-corrected chi connectivity index (χ0v) is 41.0. The summed E-state index contributed by atoms with van der Waals surface area (Å²) >= 11 is 0. The zero-order valence-electron chi connectivity index (χ0n) is 40.1. The molecule has 2 amide bonds. The third kappa shape index (κ3) is 10.1. The number of nitrogens with zero attached hydrogens (tertiary/aromatic N) is 8. The molecule has 4 N–H and O–H groups in total. The molecule has 5 heterocycles. The number of aliphatic hydroxyl groups is 1. The molecule has 2 saturated heterocycles. The standard InChI is InChI=1S/C51H56N11O9P/c1-34(2)46(64)56-49-55-45-44(48(66)57-49)52-33-62(45)43-30-60(28-39(31-63)70-43)72(68,58(3)4)69-32-40-27-59(29-42(71-40)61-26-25-41(54-50(61)67)53-47(65)35-17-9-5-10-18-35)51(36-19-11-6-12-20-36,37-21-13-7-14-22-37)38-23-15-8-16-24-38/h5-26,33-34,39-40,42-43,63H,27-32H2,1-4H3,(H,53,54,65,67)(H2,55,56,57,64,66). The number of rotatable bonds is 16. The third-order valence-corrected chi connectivity index (χ3v) is 15.3. The molecule has 4 aromatic carbocycles. The second-order valence-electron chi connectivity index (χ2n) is 18.0. The van der Waals surface area contributed by atoms with Crippen molar-refractivity contribution in [3.63, 3.8) is 0 Å². The average Bonchev–Trinajstić information content (AvgIpc) is 3.84. The van der Waals surface area contributed by atoms with E-state index in [-0.39, 0.29) is 61.6 Å². The summed E-state index contributed by atoms with van der Waals surface area (Å²) in [5, 5.41) is 15.9. The van der Waals surface area contributed by atoms with E-state index < -0.39 is 67.6 Å². The van der Waals surface area contributed by atoms with Crippen molar-refractivity contribution in [1.82, 2.24) is 43.3 Å². The molecular formula is C51H56N11O9P. The highest BCUT2D eigenvalue weighted by molar-refractivity contribution is 7.53. The van der Waals surface area contributed by atoms with Crippen LogP contribution in [0.4, 0.5) is 11.8 Å². The van der Waals surface area contributed by atoms with Gasteiger partial charge in [0.1, 0.15) is 12.0 Å². The van der Waals surface area contributed by atoms with Gasteiger partial charge in [-0.05, 0) is 49.0 Å². The van der Waals surface area contributed by atoms with Crippen LogP contribution in [0.1, 0.15) is 53.4 Å². The van der Waals surface area contributed by atoms with Gasteiger partial charge < -0.3 is 24.4 Å². The van der Waals surface area contributed by atoms with E-state index in [1.807, 2.05) is 54.6 Å². The molecule has 3 aromatic heterocycles. The van der Waals surface area contributed by atoms with Crippen LogP contribution in [0.2, 0.25) is 0 Å². The summed E-state index contributed by atoms with van der Waals surface area (Å²) < 4.78 is 41.3. The van der Waals surface area contributed by atoms with Gasteiger partial charge >= 0.3 is 13.4 Å². The van der Waals surface area contributed by atoms with Gasteiger partial charge in [0, 0.05) is 37.3 Å². The van der Waals surface area contributed by atoms with Gasteiger partial charge in [-0.15, -0.1) is 0 Å². The summed E-state index contributed by atoms with van der Waals surface area (Å²) in [6.07, 6.45) is -0.755. The molecule has 7 aromatic rings. The highest BCUT2D eigenvalue weighted by Crippen LogP contribution is 2.55. The van der Waals surface area contributed by atoms with Gasteiger partial charge in [0.15, 0.2) is 17.4 Å². The number of benzene rings is 4. The normalized spacial score (nSPS) is 19.8. The number of nitrogens with one attached hydrogen (secondary N) is 3. The van der Waals surface area contributed by atoms with Crippen molar-refractivity contribution in [2.24, 2.45) is 5.92 Å². The number of hydrogen-bond donors (Lipinski definition) is 4. The minimum absolute atomic E-state index is 0.00752. The number of carbonyl (C=O) groups excluding carboxylic acids is 2. The number of imidazole rings is 1. The van der Waals surface area contributed by atoms with E-state index >= 15 is 4.57 Å². The number of hydrogen-bond acceptors (Lipinski definition) is 13. The second kappa shape index (κ2) is 21.4. The highest BCUT2D eigenvalue weighted by Gasteiger charge is 2.48. The van der Waals surface area contributed by atoms with Gasteiger partial charge in [-0.1, -0.05) is 123 Å². The fourth-order valence-corrected chi connectivity index (χ4v) is 11.2. The van der Waals surface area contributed by atoms with Gasteiger partial charge in [0.05, 0.1) is 43.8 Å². The monoisotopic (exact) mass is 997 g/mol. The number of amides is 2. The summed E-state index contributed by atoms with van der Waals surface area (Å²) in [6.45, 7) is 3.04. The number of aliphatic hydroxyl groups excluding tert-OH is 1. The molecule has 0 radical (unpaired) electrons. The fourth-order valence-electron chi connectivity index (χ4n) is 9.25. The molecule has 0 aliphatic carbocycles. The van der Waals surface area contributed by atoms with Gasteiger partial charge in [-0.3, -0.25) is 43.3 Å². The van der Waals surface area contributed by atoms with Crippen LogP contribution in [0.5, 0.6) is 0 Å². The van der Waals surface area contributed by atoms with Crippen molar-refractivity contribution in [3.8, 4) is 0 Å². The van der Waals surface area contributed by atoms with E-state index in [1.165, 1.54) is 26.3 Å². The smallest absolute Gasteiger partial charge is 0.351 e. The van der Waals surface area contributed by atoms with Gasteiger partial charge in [-0.25, -0.2) is 19.1 Å². The Morgan fingerprint density at radius 1 is 0.792 bits per heavy atom. The van der Waals surface area contributed by atoms with Crippen molar-refractivity contribution in [2.75, 3.05) is 64.1 Å². The predicted molar refractivity (Wildman–Crippen MR) is 269 cm³/mol. The Morgan fingerprint density at radius 2 is 1.38 bits per heavy atom. The van der Waals surface area contributed by atoms with Crippen molar-refractivity contribution < 1.29 is 33.3 Å². The van der Waals surface area contributed by atoms with E-state index in [4.69, 9.17) is 14.0 Å². The Balaban J connectivity index is 1.07. The molecule has 5 atom stereocenters. The van der Waals surface area contributed by atoms with Crippen LogP contribution in [-0.4, -0.2) is 126 Å². The number of carbonyl (C=O) groups is 2. The first kappa shape index (κ1) is 50.0. The van der Waals surface area contributed by atoms with E-state index in [0.29, 0.717) is 5.56 Å². The van der Waals surface area contributed by atoms with Gasteiger partial charge in [0.2, 0.25) is 11.9 Å². The maximum atomic E-state index is 15.6. The molecule has 0 spiro atoms. The van der Waals surface area contributed by atoms with Crippen LogP contribution in [0.15, 0.2) is 150 Å². The molecule has 2 aliphatic rings. The number of H-pyrrole nitrogens is 1. The van der Waals surface area contributed by atoms with E-state index in [0.717, 1.165) is 16.7 Å². The quantitative estimate of drug-likeness (QED) is 0.0712. The highest BCUT2D eigenvalue weighted by atomic mass is 31.2. The average molecular weight is 998 g/mol. The second-order valence-corrected chi connectivity index (χ2v) is 20.6. The summed E-state index contributed by atoms with van der Waals surface area (Å²) in [4.78, 5) is 70.8. The summed E-state index contributed by atoms with van der Waals surface area (Å²) in [5.74, 6) is -1.20. The van der Waals surface area contributed by atoms with Crippen LogP contribution >= 0.6 is 7.67 Å². The number of ether oxygens (including phenoxy) is 2. The molecular weight excluding hydrogens is 942 g/mol. The minimum atomic E-state index is -4.04. The third-order valence-electron chi connectivity index (χ3n) is 12.8. The summed E-state index contributed by atoms with van der Waals surface area (Å²) in [6, 6.07) is 40.3. The molecule has 5 unspecified atom stereocenters. The topological polar surface area (TPSA) is 231 Å². The van der Waals surface area contributed by atoms with Crippen LogP contribution in [0, 0.1) is 5.92 Å².